The molecule has 0 radical (unpaired) electrons. The summed E-state index contributed by atoms with van der Waals surface area (Å²) in [5.74, 6) is 0.752. The Kier molecular flexibility index (Phi) is 3.22. The maximum Gasteiger partial charge on any atom is 0.233 e. The molecule has 0 unspecified atom stereocenters. The summed E-state index contributed by atoms with van der Waals surface area (Å²) in [4.78, 5) is 8.32. The van der Waals surface area contributed by atoms with Crippen LogP contribution in [0.3, 0.4) is 0 Å². The summed E-state index contributed by atoms with van der Waals surface area (Å²) in [6, 6.07) is 1.88. The van der Waals surface area contributed by atoms with Gasteiger partial charge in [-0.15, -0.1) is 0 Å². The minimum atomic E-state index is 0. The standard InChI is InChI=1S/C7H6BrN3.BrH/c8-4-6-5-11-3-1-2-9-7(11)10-6;/h1-3,5H,4H2;1H/p-1. The molecular weight excluding hydrogens is 286 g/mol. The Labute approximate surface area is 88.7 Å². The van der Waals surface area contributed by atoms with Crippen LogP contribution in [0.5, 0.6) is 0 Å². The lowest BCUT2D eigenvalue weighted by Gasteiger charge is -1.85. The van der Waals surface area contributed by atoms with Gasteiger partial charge in [0.1, 0.15) is 0 Å². The van der Waals surface area contributed by atoms with Gasteiger partial charge in [-0.05, 0) is 6.07 Å². The Morgan fingerprint density at radius 1 is 1.50 bits per heavy atom. The van der Waals surface area contributed by atoms with E-state index in [0.29, 0.717) is 0 Å². The minimum Gasteiger partial charge on any atom is -1.00 e. The average Bonchev–Trinajstić information content (AvgIpc) is 2.46. The van der Waals surface area contributed by atoms with E-state index in [1.807, 2.05) is 22.9 Å². The first kappa shape index (κ1) is 9.67. The summed E-state index contributed by atoms with van der Waals surface area (Å²) < 4.78 is 1.90. The molecule has 0 saturated carbocycles. The van der Waals surface area contributed by atoms with Gasteiger partial charge in [0.25, 0.3) is 0 Å². The van der Waals surface area contributed by atoms with Gasteiger partial charge in [0.2, 0.25) is 5.78 Å². The highest BCUT2D eigenvalue weighted by Gasteiger charge is 1.97. The average molecular weight is 292 g/mol. The Bertz CT molecular complexity index is 338. The van der Waals surface area contributed by atoms with Crippen molar-refractivity contribution in [2.75, 3.05) is 0 Å². The van der Waals surface area contributed by atoms with Gasteiger partial charge in [-0.25, -0.2) is 9.97 Å². The van der Waals surface area contributed by atoms with Gasteiger partial charge < -0.3 is 17.0 Å². The first-order chi connectivity index (χ1) is 5.40. The van der Waals surface area contributed by atoms with Crippen LogP contribution in [0.25, 0.3) is 5.78 Å². The van der Waals surface area contributed by atoms with Crippen molar-refractivity contribution >= 4 is 21.7 Å². The highest BCUT2D eigenvalue weighted by molar-refractivity contribution is 9.08. The van der Waals surface area contributed by atoms with E-state index in [4.69, 9.17) is 0 Å². The molecule has 0 fully saturated rings. The Morgan fingerprint density at radius 2 is 2.33 bits per heavy atom. The molecule has 2 aromatic heterocycles. The van der Waals surface area contributed by atoms with Crippen LogP contribution in [-0.4, -0.2) is 14.4 Å². The van der Waals surface area contributed by atoms with E-state index in [1.165, 1.54) is 0 Å². The topological polar surface area (TPSA) is 30.2 Å². The second-order valence-electron chi connectivity index (χ2n) is 2.19. The first-order valence-corrected chi connectivity index (χ1v) is 4.37. The van der Waals surface area contributed by atoms with E-state index >= 15 is 0 Å². The van der Waals surface area contributed by atoms with E-state index in [1.54, 1.807) is 6.20 Å². The Balaban J connectivity index is 0.000000720. The van der Waals surface area contributed by atoms with Crippen molar-refractivity contribution in [1.29, 1.82) is 0 Å². The quantitative estimate of drug-likeness (QED) is 0.607. The van der Waals surface area contributed by atoms with Crippen LogP contribution in [0, 0.1) is 0 Å². The fraction of sp³-hybridized carbons (Fsp3) is 0.143. The molecule has 0 spiro atoms. The fourth-order valence-electron chi connectivity index (χ4n) is 0.944. The molecule has 0 aliphatic carbocycles. The second kappa shape index (κ2) is 4.00. The summed E-state index contributed by atoms with van der Waals surface area (Å²) in [7, 11) is 0. The SMILES string of the molecule is BrCc1cn2cccnc2n1.[Br-]. The molecule has 2 heterocycles. The summed E-state index contributed by atoms with van der Waals surface area (Å²) in [6.45, 7) is 0. The summed E-state index contributed by atoms with van der Waals surface area (Å²) >= 11 is 3.33. The van der Waals surface area contributed by atoms with E-state index < -0.39 is 0 Å². The van der Waals surface area contributed by atoms with E-state index in [-0.39, 0.29) is 17.0 Å². The molecule has 2 aromatic rings. The molecule has 0 aromatic carbocycles. The largest absolute Gasteiger partial charge is 1.00 e. The molecule has 0 N–H and O–H groups in total. The number of rotatable bonds is 1. The minimum absolute atomic E-state index is 0. The molecule has 2 rings (SSSR count). The van der Waals surface area contributed by atoms with Crippen LogP contribution in [0.2, 0.25) is 0 Å². The number of hydrogen-bond acceptors (Lipinski definition) is 2. The molecule has 0 atom stereocenters. The third-order valence-electron chi connectivity index (χ3n) is 1.42. The van der Waals surface area contributed by atoms with Crippen molar-refractivity contribution in [2.45, 2.75) is 5.33 Å². The zero-order valence-corrected chi connectivity index (χ0v) is 9.29. The molecule has 0 aliphatic heterocycles. The predicted octanol–water partition coefficient (Wildman–Crippen LogP) is -1.37. The lowest BCUT2D eigenvalue weighted by atomic mass is 10.6. The molecular formula is C7H6Br2N3-. The molecule has 64 valence electrons. The van der Waals surface area contributed by atoms with Crippen molar-refractivity contribution in [1.82, 2.24) is 14.4 Å². The lowest BCUT2D eigenvalue weighted by Crippen LogP contribution is -3.00. The number of hydrogen-bond donors (Lipinski definition) is 0. The summed E-state index contributed by atoms with van der Waals surface area (Å²) in [5, 5.41) is 0.774. The van der Waals surface area contributed by atoms with E-state index in [9.17, 15) is 0 Å². The summed E-state index contributed by atoms with van der Waals surface area (Å²) in [6.07, 6.45) is 5.62. The van der Waals surface area contributed by atoms with Gasteiger partial charge >= 0.3 is 0 Å². The molecule has 0 aliphatic rings. The van der Waals surface area contributed by atoms with E-state index in [2.05, 4.69) is 25.9 Å². The second-order valence-corrected chi connectivity index (χ2v) is 2.75. The third-order valence-corrected chi connectivity index (χ3v) is 2.00. The van der Waals surface area contributed by atoms with Crippen molar-refractivity contribution in [3.8, 4) is 0 Å². The lowest BCUT2D eigenvalue weighted by molar-refractivity contribution is -0.00000237. The van der Waals surface area contributed by atoms with Crippen LogP contribution < -0.4 is 17.0 Å². The number of aromatic nitrogens is 3. The van der Waals surface area contributed by atoms with Gasteiger partial charge in [0.15, 0.2) is 0 Å². The van der Waals surface area contributed by atoms with Crippen LogP contribution in [-0.2, 0) is 5.33 Å². The Hall–Kier alpha value is -0.420. The van der Waals surface area contributed by atoms with Crippen molar-refractivity contribution in [3.05, 3.63) is 30.4 Å². The number of nitrogens with zero attached hydrogens (tertiary/aromatic N) is 3. The number of fused-ring (bicyclic) bond motifs is 1. The van der Waals surface area contributed by atoms with Crippen molar-refractivity contribution < 1.29 is 17.0 Å². The number of halogens is 2. The molecule has 0 bridgehead atoms. The highest BCUT2D eigenvalue weighted by Crippen LogP contribution is 2.04. The third kappa shape index (κ3) is 1.67. The fourth-order valence-corrected chi connectivity index (χ4v) is 1.21. The normalized spacial score (nSPS) is 9.75. The van der Waals surface area contributed by atoms with Crippen LogP contribution in [0.1, 0.15) is 5.69 Å². The number of alkyl halides is 1. The predicted molar refractivity (Wildman–Crippen MR) is 45.6 cm³/mol. The maximum atomic E-state index is 4.24. The van der Waals surface area contributed by atoms with Gasteiger partial charge in [-0.1, -0.05) is 15.9 Å². The van der Waals surface area contributed by atoms with Crippen LogP contribution in [0.4, 0.5) is 0 Å². The van der Waals surface area contributed by atoms with E-state index in [0.717, 1.165) is 16.8 Å². The van der Waals surface area contributed by atoms with Gasteiger partial charge in [-0.3, -0.25) is 4.40 Å². The van der Waals surface area contributed by atoms with Gasteiger partial charge in [0, 0.05) is 23.9 Å². The monoisotopic (exact) mass is 290 g/mol. The van der Waals surface area contributed by atoms with Crippen molar-refractivity contribution in [3.63, 3.8) is 0 Å². The zero-order valence-electron chi connectivity index (χ0n) is 6.11. The maximum absolute atomic E-state index is 4.24. The molecule has 12 heavy (non-hydrogen) atoms. The molecule has 0 saturated heterocycles. The first-order valence-electron chi connectivity index (χ1n) is 3.25. The molecule has 5 heteroatoms. The number of imidazole rings is 1. The molecule has 0 amide bonds. The van der Waals surface area contributed by atoms with Gasteiger partial charge in [-0.2, -0.15) is 0 Å². The van der Waals surface area contributed by atoms with Crippen molar-refractivity contribution in [2.24, 2.45) is 0 Å². The van der Waals surface area contributed by atoms with Gasteiger partial charge in [0.05, 0.1) is 5.69 Å². The van der Waals surface area contributed by atoms with Crippen LogP contribution >= 0.6 is 15.9 Å². The Morgan fingerprint density at radius 3 is 3.00 bits per heavy atom. The summed E-state index contributed by atoms with van der Waals surface area (Å²) in [5.41, 5.74) is 1.00. The smallest absolute Gasteiger partial charge is 0.233 e. The van der Waals surface area contributed by atoms with Crippen LogP contribution in [0.15, 0.2) is 24.7 Å². The highest BCUT2D eigenvalue weighted by atomic mass is 79.9. The molecule has 3 nitrogen and oxygen atoms in total. The zero-order chi connectivity index (χ0) is 7.68.